The Hall–Kier alpha value is -1.83. The van der Waals surface area contributed by atoms with Gasteiger partial charge >= 0.3 is 5.97 Å². The maximum Gasteiger partial charge on any atom is 0.331 e. The molecule has 0 aliphatic heterocycles. The van der Waals surface area contributed by atoms with E-state index in [0.29, 0.717) is 0 Å². The first-order valence-corrected chi connectivity index (χ1v) is 5.74. The van der Waals surface area contributed by atoms with Gasteiger partial charge in [0.15, 0.2) is 5.60 Å². The molecule has 0 aromatic heterocycles. The van der Waals surface area contributed by atoms with Crippen molar-refractivity contribution < 1.29 is 9.53 Å². The molecule has 0 saturated heterocycles. The van der Waals surface area contributed by atoms with Crippen molar-refractivity contribution in [3.63, 3.8) is 0 Å². The van der Waals surface area contributed by atoms with Gasteiger partial charge in [-0.2, -0.15) is 0 Å². The van der Waals surface area contributed by atoms with Crippen molar-refractivity contribution in [2.75, 3.05) is 0 Å². The molecule has 0 spiro atoms. The van der Waals surface area contributed by atoms with Crippen LogP contribution in [0.5, 0.6) is 0 Å². The summed E-state index contributed by atoms with van der Waals surface area (Å²) in [6.45, 7) is 5.40. The van der Waals surface area contributed by atoms with Crippen LogP contribution in [0, 0.1) is 0 Å². The molecule has 0 bridgehead atoms. The van der Waals surface area contributed by atoms with Gasteiger partial charge in [-0.05, 0) is 30.9 Å². The maximum atomic E-state index is 11.5. The van der Waals surface area contributed by atoms with Gasteiger partial charge in [0.25, 0.3) is 0 Å². The van der Waals surface area contributed by atoms with Gasteiger partial charge in [-0.1, -0.05) is 43.0 Å². The zero-order valence-electron chi connectivity index (χ0n) is 9.98. The molecule has 0 amide bonds. The fourth-order valence-electron chi connectivity index (χ4n) is 2.18. The Morgan fingerprint density at radius 3 is 2.18 bits per heavy atom. The second-order valence-corrected chi connectivity index (χ2v) is 4.31. The SMILES string of the molecule is C=CC(=O)OC(C)(C1=CC=CC1)C1=CC=CC1. The Morgan fingerprint density at radius 2 is 1.82 bits per heavy atom. The average Bonchev–Trinajstić information content (AvgIpc) is 3.01. The third kappa shape index (κ3) is 2.16. The van der Waals surface area contributed by atoms with Gasteiger partial charge in [-0.3, -0.25) is 0 Å². The van der Waals surface area contributed by atoms with Gasteiger partial charge in [0.2, 0.25) is 0 Å². The number of carbonyl (C=O) groups is 1. The maximum absolute atomic E-state index is 11.5. The Kier molecular flexibility index (Phi) is 3.14. The average molecular weight is 228 g/mol. The Balaban J connectivity index is 2.28. The second-order valence-electron chi connectivity index (χ2n) is 4.31. The molecule has 0 heterocycles. The fourth-order valence-corrected chi connectivity index (χ4v) is 2.18. The summed E-state index contributed by atoms with van der Waals surface area (Å²) in [5.41, 5.74) is 1.59. The van der Waals surface area contributed by atoms with Crippen LogP contribution in [-0.2, 0) is 9.53 Å². The molecule has 2 rings (SSSR count). The van der Waals surface area contributed by atoms with E-state index in [1.54, 1.807) is 0 Å². The fraction of sp³-hybridized carbons (Fsp3) is 0.267. The van der Waals surface area contributed by atoms with Crippen LogP contribution in [0.4, 0.5) is 0 Å². The van der Waals surface area contributed by atoms with Crippen LogP contribution in [0.15, 0.2) is 60.3 Å². The first-order chi connectivity index (χ1) is 8.16. The highest BCUT2D eigenvalue weighted by atomic mass is 16.6. The molecule has 88 valence electrons. The van der Waals surface area contributed by atoms with Gasteiger partial charge < -0.3 is 4.74 Å². The minimum Gasteiger partial charge on any atom is -0.447 e. The third-order valence-electron chi connectivity index (χ3n) is 3.24. The largest absolute Gasteiger partial charge is 0.447 e. The molecule has 0 atom stereocenters. The predicted molar refractivity (Wildman–Crippen MR) is 68.4 cm³/mol. The van der Waals surface area contributed by atoms with Crippen molar-refractivity contribution in [3.8, 4) is 0 Å². The smallest absolute Gasteiger partial charge is 0.331 e. The second kappa shape index (κ2) is 4.58. The van der Waals surface area contributed by atoms with Crippen LogP contribution in [0.2, 0.25) is 0 Å². The summed E-state index contributed by atoms with van der Waals surface area (Å²) in [4.78, 5) is 11.5. The van der Waals surface area contributed by atoms with Crippen LogP contribution in [0.25, 0.3) is 0 Å². The van der Waals surface area contributed by atoms with Gasteiger partial charge in [0.1, 0.15) is 0 Å². The predicted octanol–water partition coefficient (Wildman–Crippen LogP) is 3.25. The molecule has 0 N–H and O–H groups in total. The van der Waals surface area contributed by atoms with Crippen LogP contribution in [-0.4, -0.2) is 11.6 Å². The number of hydrogen-bond donors (Lipinski definition) is 0. The van der Waals surface area contributed by atoms with E-state index in [1.807, 2.05) is 31.2 Å². The van der Waals surface area contributed by atoms with Crippen LogP contribution < -0.4 is 0 Å². The number of rotatable bonds is 4. The summed E-state index contributed by atoms with van der Waals surface area (Å²) in [6, 6.07) is 0. The molecule has 2 heteroatoms. The molecule has 2 aliphatic carbocycles. The summed E-state index contributed by atoms with van der Waals surface area (Å²) in [6.07, 6.45) is 15.1. The molecular weight excluding hydrogens is 212 g/mol. The normalized spacial score (nSPS) is 17.9. The third-order valence-corrected chi connectivity index (χ3v) is 3.24. The summed E-state index contributed by atoms with van der Waals surface area (Å²) in [7, 11) is 0. The van der Waals surface area contributed by atoms with E-state index in [0.717, 1.165) is 24.0 Å². The molecule has 0 fully saturated rings. The molecular formula is C15H16O2. The van der Waals surface area contributed by atoms with E-state index in [1.165, 1.54) is 6.08 Å². The molecule has 0 aromatic carbocycles. The van der Waals surface area contributed by atoms with Crippen molar-refractivity contribution in [3.05, 3.63) is 60.3 Å². The standard InChI is InChI=1S/C15H16O2/c1-3-14(16)17-15(2,12-8-4-5-9-12)13-10-6-7-11-13/h3-8,10H,1,9,11H2,2H3. The van der Waals surface area contributed by atoms with Crippen molar-refractivity contribution >= 4 is 5.97 Å². The summed E-state index contributed by atoms with van der Waals surface area (Å²) in [5, 5.41) is 0. The minimum atomic E-state index is -0.641. The number of ether oxygens (including phenoxy) is 1. The van der Waals surface area contributed by atoms with Gasteiger partial charge in [-0.15, -0.1) is 0 Å². The highest BCUT2D eigenvalue weighted by Gasteiger charge is 2.36. The lowest BCUT2D eigenvalue weighted by molar-refractivity contribution is -0.145. The molecule has 0 radical (unpaired) electrons. The van der Waals surface area contributed by atoms with E-state index >= 15 is 0 Å². The Bertz CT molecular complexity index is 431. The van der Waals surface area contributed by atoms with Crippen LogP contribution in [0.3, 0.4) is 0 Å². The number of allylic oxidation sites excluding steroid dienone is 6. The zero-order chi connectivity index (χ0) is 12.3. The molecule has 2 nitrogen and oxygen atoms in total. The topological polar surface area (TPSA) is 26.3 Å². The molecule has 2 aliphatic rings. The van der Waals surface area contributed by atoms with E-state index in [2.05, 4.69) is 18.7 Å². The minimum absolute atomic E-state index is 0.381. The van der Waals surface area contributed by atoms with Crippen LogP contribution >= 0.6 is 0 Å². The van der Waals surface area contributed by atoms with Gasteiger partial charge in [0, 0.05) is 6.08 Å². The summed E-state index contributed by atoms with van der Waals surface area (Å²) >= 11 is 0. The van der Waals surface area contributed by atoms with Crippen molar-refractivity contribution in [2.45, 2.75) is 25.4 Å². The van der Waals surface area contributed by atoms with E-state index < -0.39 is 5.60 Å². The first-order valence-electron chi connectivity index (χ1n) is 5.74. The first kappa shape index (κ1) is 11.6. The Morgan fingerprint density at radius 1 is 1.29 bits per heavy atom. The van der Waals surface area contributed by atoms with Gasteiger partial charge in [-0.25, -0.2) is 4.79 Å². The Labute approximate surface area is 102 Å². The van der Waals surface area contributed by atoms with Crippen LogP contribution in [0.1, 0.15) is 19.8 Å². The summed E-state index contributed by atoms with van der Waals surface area (Å²) < 4.78 is 5.58. The quantitative estimate of drug-likeness (QED) is 0.545. The molecule has 0 saturated carbocycles. The van der Waals surface area contributed by atoms with E-state index in [9.17, 15) is 4.79 Å². The molecule has 0 aromatic rings. The lowest BCUT2D eigenvalue weighted by atomic mass is 9.85. The number of carbonyl (C=O) groups excluding carboxylic acids is 1. The highest BCUT2D eigenvalue weighted by Crippen LogP contribution is 2.38. The molecule has 0 unspecified atom stereocenters. The van der Waals surface area contributed by atoms with E-state index in [-0.39, 0.29) is 5.97 Å². The number of hydrogen-bond acceptors (Lipinski definition) is 2. The van der Waals surface area contributed by atoms with Crippen molar-refractivity contribution in [1.82, 2.24) is 0 Å². The lowest BCUT2D eigenvalue weighted by Gasteiger charge is -2.32. The number of esters is 1. The van der Waals surface area contributed by atoms with Crippen molar-refractivity contribution in [2.24, 2.45) is 0 Å². The monoisotopic (exact) mass is 228 g/mol. The summed E-state index contributed by atoms with van der Waals surface area (Å²) in [5.74, 6) is -0.381. The van der Waals surface area contributed by atoms with Crippen molar-refractivity contribution in [1.29, 1.82) is 0 Å². The molecule has 17 heavy (non-hydrogen) atoms. The highest BCUT2D eigenvalue weighted by molar-refractivity contribution is 5.82. The van der Waals surface area contributed by atoms with Gasteiger partial charge in [0.05, 0.1) is 0 Å². The zero-order valence-corrected chi connectivity index (χ0v) is 9.98. The lowest BCUT2D eigenvalue weighted by Crippen LogP contribution is -2.35. The van der Waals surface area contributed by atoms with E-state index in [4.69, 9.17) is 4.74 Å².